The molecule has 0 atom stereocenters. The van der Waals surface area contributed by atoms with Crippen molar-refractivity contribution in [1.29, 1.82) is 0 Å². The lowest BCUT2D eigenvalue weighted by Gasteiger charge is -2.33. The van der Waals surface area contributed by atoms with Crippen LogP contribution in [0.15, 0.2) is 48.5 Å². The number of carbonyl (C=O) groups excluding carboxylic acids is 1. The minimum atomic E-state index is 0.0710. The number of likely N-dealkylation sites (tertiary alicyclic amines) is 2. The Morgan fingerprint density at radius 2 is 1.70 bits per heavy atom. The highest BCUT2D eigenvalue weighted by Crippen LogP contribution is 2.28. The van der Waals surface area contributed by atoms with Crippen LogP contribution in [0.2, 0.25) is 5.02 Å². The zero-order chi connectivity index (χ0) is 20.8. The summed E-state index contributed by atoms with van der Waals surface area (Å²) in [6, 6.07) is 16.1. The van der Waals surface area contributed by atoms with E-state index in [1.165, 1.54) is 12.0 Å². The number of hydrogen-bond acceptors (Lipinski definition) is 3. The van der Waals surface area contributed by atoms with Crippen molar-refractivity contribution >= 4 is 17.5 Å². The third-order valence-corrected chi connectivity index (χ3v) is 6.44. The van der Waals surface area contributed by atoms with Crippen LogP contribution in [-0.4, -0.2) is 54.5 Å². The van der Waals surface area contributed by atoms with Crippen LogP contribution < -0.4 is 4.74 Å². The van der Waals surface area contributed by atoms with E-state index in [4.69, 9.17) is 16.3 Å². The number of nitrogens with zero attached hydrogens (tertiary/aromatic N) is 2. The predicted molar refractivity (Wildman–Crippen MR) is 121 cm³/mol. The van der Waals surface area contributed by atoms with Gasteiger partial charge in [0, 0.05) is 37.7 Å². The van der Waals surface area contributed by atoms with Gasteiger partial charge in [-0.2, -0.15) is 0 Å². The van der Waals surface area contributed by atoms with Gasteiger partial charge >= 0.3 is 0 Å². The van der Waals surface area contributed by atoms with E-state index in [0.717, 1.165) is 64.8 Å². The van der Waals surface area contributed by atoms with Gasteiger partial charge in [-0.05, 0) is 62.3 Å². The molecule has 1 amide bonds. The van der Waals surface area contributed by atoms with Crippen molar-refractivity contribution < 1.29 is 9.53 Å². The predicted octanol–water partition coefficient (Wildman–Crippen LogP) is 5.05. The summed E-state index contributed by atoms with van der Waals surface area (Å²) in [6.07, 6.45) is 6.51. The van der Waals surface area contributed by atoms with Crippen LogP contribution in [0, 0.1) is 0 Å². The molecule has 4 rings (SSSR count). The van der Waals surface area contributed by atoms with Crippen LogP contribution >= 0.6 is 11.6 Å². The zero-order valence-corrected chi connectivity index (χ0v) is 18.3. The first-order chi connectivity index (χ1) is 14.7. The van der Waals surface area contributed by atoms with E-state index in [9.17, 15) is 4.79 Å². The lowest BCUT2D eigenvalue weighted by Crippen LogP contribution is -2.39. The molecule has 2 aliphatic rings. The van der Waals surface area contributed by atoms with E-state index in [1.54, 1.807) is 12.1 Å². The second-order valence-electron chi connectivity index (χ2n) is 8.39. The maximum absolute atomic E-state index is 13.0. The molecule has 4 nitrogen and oxygen atoms in total. The summed E-state index contributed by atoms with van der Waals surface area (Å²) in [6.45, 7) is 4.79. The molecule has 2 heterocycles. The quantitative estimate of drug-likeness (QED) is 0.647. The van der Waals surface area contributed by atoms with Crippen LogP contribution in [0.25, 0.3) is 0 Å². The molecule has 0 spiro atoms. The highest BCUT2D eigenvalue weighted by Gasteiger charge is 2.25. The van der Waals surface area contributed by atoms with E-state index in [-0.39, 0.29) is 12.0 Å². The van der Waals surface area contributed by atoms with Crippen molar-refractivity contribution in [3.05, 3.63) is 64.7 Å². The normalized spacial score (nSPS) is 18.4. The molecule has 2 aromatic rings. The topological polar surface area (TPSA) is 32.8 Å². The fraction of sp³-hybridized carbons (Fsp3) is 0.480. The average Bonchev–Trinajstić information content (AvgIpc) is 2.80. The molecule has 0 unspecified atom stereocenters. The van der Waals surface area contributed by atoms with Crippen LogP contribution in [0.4, 0.5) is 0 Å². The Kier molecular flexibility index (Phi) is 7.29. The summed E-state index contributed by atoms with van der Waals surface area (Å²) in [5, 5.41) is 0.612. The lowest BCUT2D eigenvalue weighted by molar-refractivity contribution is 0.0704. The van der Waals surface area contributed by atoms with Crippen molar-refractivity contribution in [2.24, 2.45) is 0 Å². The molecule has 2 saturated heterocycles. The number of hydrogen-bond donors (Lipinski definition) is 0. The molecule has 30 heavy (non-hydrogen) atoms. The number of piperidine rings is 2. The Labute approximate surface area is 184 Å². The van der Waals surface area contributed by atoms with Crippen molar-refractivity contribution in [3.63, 3.8) is 0 Å². The Morgan fingerprint density at radius 3 is 2.43 bits per heavy atom. The Balaban J connectivity index is 1.33. The molecule has 160 valence electrons. The third kappa shape index (κ3) is 5.55. The smallest absolute Gasteiger partial charge is 0.257 e. The fourth-order valence-corrected chi connectivity index (χ4v) is 4.56. The van der Waals surface area contributed by atoms with Crippen molar-refractivity contribution in [3.8, 4) is 5.75 Å². The van der Waals surface area contributed by atoms with Gasteiger partial charge in [0.05, 0.1) is 5.56 Å². The van der Waals surface area contributed by atoms with Gasteiger partial charge in [-0.15, -0.1) is 0 Å². The van der Waals surface area contributed by atoms with Gasteiger partial charge in [0.15, 0.2) is 0 Å². The van der Waals surface area contributed by atoms with E-state index in [0.29, 0.717) is 16.3 Å². The number of benzene rings is 2. The molecular weight excluding hydrogens is 396 g/mol. The van der Waals surface area contributed by atoms with Gasteiger partial charge in [-0.25, -0.2) is 0 Å². The van der Waals surface area contributed by atoms with Crippen LogP contribution in [0.5, 0.6) is 5.75 Å². The van der Waals surface area contributed by atoms with E-state index in [1.807, 2.05) is 11.0 Å². The van der Waals surface area contributed by atoms with E-state index >= 15 is 0 Å². The Morgan fingerprint density at radius 1 is 0.967 bits per heavy atom. The minimum Gasteiger partial charge on any atom is -0.489 e. The molecule has 2 fully saturated rings. The van der Waals surface area contributed by atoms with Crippen LogP contribution in [0.1, 0.15) is 48.0 Å². The number of carbonyl (C=O) groups is 1. The SMILES string of the molecule is O=C(c1ccc(Cl)cc1OC1CCN(CCc2ccccc2)CC1)N1CCCCC1. The van der Waals surface area contributed by atoms with Gasteiger partial charge in [-0.1, -0.05) is 41.9 Å². The monoisotopic (exact) mass is 426 g/mol. The second kappa shape index (κ2) is 10.3. The maximum Gasteiger partial charge on any atom is 0.257 e. The van der Waals surface area contributed by atoms with E-state index < -0.39 is 0 Å². The number of ether oxygens (including phenoxy) is 1. The van der Waals surface area contributed by atoms with Crippen molar-refractivity contribution in [2.75, 3.05) is 32.7 Å². The van der Waals surface area contributed by atoms with Gasteiger partial charge in [0.25, 0.3) is 5.91 Å². The molecule has 2 aliphatic heterocycles. The zero-order valence-electron chi connectivity index (χ0n) is 17.6. The van der Waals surface area contributed by atoms with Crippen LogP contribution in [0.3, 0.4) is 0 Å². The standard InChI is InChI=1S/C25H31ClN2O2/c26-21-9-10-23(25(29)28-14-5-2-6-15-28)24(19-21)30-22-12-17-27(18-13-22)16-11-20-7-3-1-4-8-20/h1,3-4,7-10,19,22H,2,5-6,11-18H2. The molecule has 0 aromatic heterocycles. The number of halogens is 1. The van der Waals surface area contributed by atoms with Crippen molar-refractivity contribution in [2.45, 2.75) is 44.6 Å². The Bertz CT molecular complexity index is 828. The molecular formula is C25H31ClN2O2. The molecule has 0 saturated carbocycles. The highest BCUT2D eigenvalue weighted by atomic mass is 35.5. The third-order valence-electron chi connectivity index (χ3n) is 6.21. The number of rotatable bonds is 6. The lowest BCUT2D eigenvalue weighted by atomic mass is 10.1. The molecule has 5 heteroatoms. The molecule has 0 aliphatic carbocycles. The molecule has 0 bridgehead atoms. The molecule has 2 aromatic carbocycles. The molecule has 0 radical (unpaired) electrons. The summed E-state index contributed by atoms with van der Waals surface area (Å²) in [4.78, 5) is 17.5. The van der Waals surface area contributed by atoms with Gasteiger partial charge in [0.1, 0.15) is 11.9 Å². The Hall–Kier alpha value is -2.04. The number of amides is 1. The summed E-state index contributed by atoms with van der Waals surface area (Å²) in [5.74, 6) is 0.711. The summed E-state index contributed by atoms with van der Waals surface area (Å²) >= 11 is 6.23. The minimum absolute atomic E-state index is 0.0710. The first-order valence-corrected chi connectivity index (χ1v) is 11.6. The first kappa shape index (κ1) is 21.2. The van der Waals surface area contributed by atoms with Gasteiger partial charge in [-0.3, -0.25) is 4.79 Å². The highest BCUT2D eigenvalue weighted by molar-refractivity contribution is 6.30. The summed E-state index contributed by atoms with van der Waals surface area (Å²) in [5.41, 5.74) is 2.03. The molecule has 0 N–H and O–H groups in total. The first-order valence-electron chi connectivity index (χ1n) is 11.2. The van der Waals surface area contributed by atoms with Gasteiger partial charge in [0.2, 0.25) is 0 Å². The summed E-state index contributed by atoms with van der Waals surface area (Å²) in [7, 11) is 0. The van der Waals surface area contributed by atoms with Crippen LogP contribution in [-0.2, 0) is 6.42 Å². The van der Waals surface area contributed by atoms with Crippen molar-refractivity contribution in [1.82, 2.24) is 9.80 Å². The van der Waals surface area contributed by atoms with Gasteiger partial charge < -0.3 is 14.5 Å². The summed E-state index contributed by atoms with van der Waals surface area (Å²) < 4.78 is 6.33. The average molecular weight is 427 g/mol. The van der Waals surface area contributed by atoms with E-state index in [2.05, 4.69) is 35.2 Å². The maximum atomic E-state index is 13.0. The second-order valence-corrected chi connectivity index (χ2v) is 8.82. The fourth-order valence-electron chi connectivity index (χ4n) is 4.40. The largest absolute Gasteiger partial charge is 0.489 e.